The predicted octanol–water partition coefficient (Wildman–Crippen LogP) is 6.18. The summed E-state index contributed by atoms with van der Waals surface area (Å²) in [4.78, 5) is 10.9. The largest absolute Gasteiger partial charge is 0.489 e. The molecule has 3 aromatic rings. The molecule has 2 nitrogen and oxygen atoms in total. The predicted molar refractivity (Wildman–Crippen MR) is 112 cm³/mol. The zero-order chi connectivity index (χ0) is 18.6. The highest BCUT2D eigenvalue weighted by atomic mass is 79.9. The van der Waals surface area contributed by atoms with Crippen LogP contribution in [0.4, 0.5) is 0 Å². The number of aldehydes is 1. The third-order valence-electron chi connectivity index (χ3n) is 4.81. The lowest BCUT2D eigenvalue weighted by Gasteiger charge is -2.22. The normalized spacial score (nSPS) is 13.2. The molecule has 0 spiro atoms. The van der Waals surface area contributed by atoms with Crippen molar-refractivity contribution in [2.75, 3.05) is 0 Å². The molecule has 3 heteroatoms. The summed E-state index contributed by atoms with van der Waals surface area (Å²) in [6, 6.07) is 24.3. The molecular weight excluding hydrogens is 400 g/mol. The van der Waals surface area contributed by atoms with Crippen LogP contribution in [-0.2, 0) is 13.0 Å². The molecule has 0 N–H and O–H groups in total. The van der Waals surface area contributed by atoms with E-state index in [0.29, 0.717) is 12.2 Å². The fraction of sp³-hybridized carbons (Fsp3) is 0.125. The Morgan fingerprint density at radius 3 is 2.44 bits per heavy atom. The van der Waals surface area contributed by atoms with Crippen molar-refractivity contribution in [3.8, 4) is 5.75 Å². The minimum absolute atomic E-state index is 0.569. The van der Waals surface area contributed by atoms with E-state index in [9.17, 15) is 4.79 Å². The van der Waals surface area contributed by atoms with Crippen molar-refractivity contribution >= 4 is 27.8 Å². The second kappa shape index (κ2) is 7.93. The monoisotopic (exact) mass is 418 g/mol. The number of allylic oxidation sites excluding steroid dienone is 1. The molecule has 1 aliphatic carbocycles. The van der Waals surface area contributed by atoms with Gasteiger partial charge in [0.25, 0.3) is 0 Å². The van der Waals surface area contributed by atoms with E-state index < -0.39 is 0 Å². The highest BCUT2D eigenvalue weighted by Gasteiger charge is 2.19. The molecule has 27 heavy (non-hydrogen) atoms. The number of carbonyl (C=O) groups is 1. The van der Waals surface area contributed by atoms with Crippen LogP contribution in [0.2, 0.25) is 0 Å². The summed E-state index contributed by atoms with van der Waals surface area (Å²) in [6.45, 7) is 0.569. The van der Waals surface area contributed by atoms with Crippen LogP contribution in [0.1, 0.15) is 39.0 Å². The zero-order valence-corrected chi connectivity index (χ0v) is 16.4. The molecule has 1 aliphatic rings. The average Bonchev–Trinajstić information content (AvgIpc) is 2.73. The van der Waals surface area contributed by atoms with Gasteiger partial charge in [-0.3, -0.25) is 4.79 Å². The van der Waals surface area contributed by atoms with Crippen LogP contribution in [0.15, 0.2) is 77.3 Å². The molecule has 134 valence electrons. The zero-order valence-electron chi connectivity index (χ0n) is 14.8. The van der Waals surface area contributed by atoms with Crippen LogP contribution in [0.5, 0.6) is 5.75 Å². The Balaban J connectivity index is 1.61. The number of ether oxygens (including phenoxy) is 1. The third kappa shape index (κ3) is 3.88. The first-order valence-electron chi connectivity index (χ1n) is 8.99. The van der Waals surface area contributed by atoms with Crippen molar-refractivity contribution in [1.82, 2.24) is 0 Å². The number of fused-ring (bicyclic) bond motifs is 1. The number of benzene rings is 3. The Kier molecular flexibility index (Phi) is 5.21. The molecule has 0 fully saturated rings. The number of halogens is 1. The van der Waals surface area contributed by atoms with E-state index in [1.807, 2.05) is 48.5 Å². The number of hydrogen-bond donors (Lipinski definition) is 0. The molecule has 0 aromatic heterocycles. The molecule has 0 radical (unpaired) electrons. The maximum absolute atomic E-state index is 10.9. The number of hydrogen-bond acceptors (Lipinski definition) is 2. The fourth-order valence-electron chi connectivity index (χ4n) is 3.41. The summed E-state index contributed by atoms with van der Waals surface area (Å²) < 4.78 is 7.19. The van der Waals surface area contributed by atoms with Crippen LogP contribution in [0, 0.1) is 0 Å². The van der Waals surface area contributed by atoms with Gasteiger partial charge in [0.05, 0.1) is 0 Å². The van der Waals surface area contributed by atoms with Gasteiger partial charge in [-0.05, 0) is 52.8 Å². The summed E-state index contributed by atoms with van der Waals surface area (Å²) >= 11 is 3.76. The van der Waals surface area contributed by atoms with Gasteiger partial charge >= 0.3 is 0 Å². The summed E-state index contributed by atoms with van der Waals surface area (Å²) in [7, 11) is 0. The van der Waals surface area contributed by atoms with E-state index in [-0.39, 0.29) is 0 Å². The maximum atomic E-state index is 10.9. The van der Waals surface area contributed by atoms with E-state index in [4.69, 9.17) is 4.74 Å². The van der Waals surface area contributed by atoms with Crippen LogP contribution >= 0.6 is 15.9 Å². The first kappa shape index (κ1) is 17.7. The Bertz CT molecular complexity index is 989. The van der Waals surface area contributed by atoms with E-state index >= 15 is 0 Å². The molecule has 0 bridgehead atoms. The van der Waals surface area contributed by atoms with Crippen molar-refractivity contribution in [2.45, 2.75) is 19.4 Å². The Morgan fingerprint density at radius 1 is 0.926 bits per heavy atom. The number of rotatable bonds is 5. The molecule has 0 atom stereocenters. The second-order valence-electron chi connectivity index (χ2n) is 6.61. The Labute approximate surface area is 167 Å². The van der Waals surface area contributed by atoms with E-state index in [1.165, 1.54) is 21.2 Å². The number of carbonyl (C=O) groups excluding carboxylic acids is 1. The van der Waals surface area contributed by atoms with E-state index in [2.05, 4.69) is 40.2 Å². The van der Waals surface area contributed by atoms with E-state index in [1.54, 1.807) is 0 Å². The average molecular weight is 419 g/mol. The SMILES string of the molecule is O=Cc1ccc(C2=C(Br)CCc3cc(OCc4ccccc4)ccc32)cc1. The summed E-state index contributed by atoms with van der Waals surface area (Å²) in [5, 5.41) is 0. The Hall–Kier alpha value is -2.65. The van der Waals surface area contributed by atoms with Crippen molar-refractivity contribution < 1.29 is 9.53 Å². The lowest BCUT2D eigenvalue weighted by molar-refractivity contribution is 0.112. The van der Waals surface area contributed by atoms with Gasteiger partial charge in [-0.15, -0.1) is 0 Å². The van der Waals surface area contributed by atoms with Crippen LogP contribution in [0.3, 0.4) is 0 Å². The van der Waals surface area contributed by atoms with Gasteiger partial charge < -0.3 is 4.74 Å². The van der Waals surface area contributed by atoms with Gasteiger partial charge in [0.15, 0.2) is 0 Å². The van der Waals surface area contributed by atoms with Crippen molar-refractivity contribution in [1.29, 1.82) is 0 Å². The third-order valence-corrected chi connectivity index (χ3v) is 5.61. The minimum Gasteiger partial charge on any atom is -0.489 e. The maximum Gasteiger partial charge on any atom is 0.150 e. The van der Waals surface area contributed by atoms with Crippen LogP contribution in [-0.4, -0.2) is 6.29 Å². The highest BCUT2D eigenvalue weighted by molar-refractivity contribution is 9.11. The lowest BCUT2D eigenvalue weighted by Crippen LogP contribution is -2.05. The first-order chi connectivity index (χ1) is 13.2. The standard InChI is InChI=1S/C24H19BrO2/c25-23-13-10-20-14-21(27-16-18-4-2-1-3-5-18)11-12-22(20)24(23)19-8-6-17(15-26)7-9-19/h1-9,11-12,14-15H,10,13,16H2. The van der Waals surface area contributed by atoms with Crippen molar-refractivity contribution in [2.24, 2.45) is 0 Å². The van der Waals surface area contributed by atoms with Gasteiger partial charge in [0.2, 0.25) is 0 Å². The van der Waals surface area contributed by atoms with Gasteiger partial charge in [-0.2, -0.15) is 0 Å². The highest BCUT2D eigenvalue weighted by Crippen LogP contribution is 2.40. The molecule has 4 rings (SSSR count). The second-order valence-corrected chi connectivity index (χ2v) is 7.57. The van der Waals surface area contributed by atoms with Gasteiger partial charge in [0.1, 0.15) is 18.6 Å². The van der Waals surface area contributed by atoms with E-state index in [0.717, 1.165) is 36.0 Å². The minimum atomic E-state index is 0.569. The molecule has 0 amide bonds. The fourth-order valence-corrected chi connectivity index (χ4v) is 4.05. The molecule has 0 aliphatic heterocycles. The lowest BCUT2D eigenvalue weighted by atomic mass is 9.86. The molecule has 3 aromatic carbocycles. The summed E-state index contributed by atoms with van der Waals surface area (Å²) in [5.41, 5.74) is 6.68. The Morgan fingerprint density at radius 2 is 1.70 bits per heavy atom. The summed E-state index contributed by atoms with van der Waals surface area (Å²) in [5.74, 6) is 0.895. The molecule has 0 saturated carbocycles. The number of aryl methyl sites for hydroxylation is 1. The summed E-state index contributed by atoms with van der Waals surface area (Å²) in [6.07, 6.45) is 2.81. The van der Waals surface area contributed by atoms with Gasteiger partial charge in [-0.1, -0.05) is 76.6 Å². The quantitative estimate of drug-likeness (QED) is 0.462. The van der Waals surface area contributed by atoms with Crippen LogP contribution < -0.4 is 4.74 Å². The first-order valence-corrected chi connectivity index (χ1v) is 9.78. The molecule has 0 saturated heterocycles. The van der Waals surface area contributed by atoms with Crippen molar-refractivity contribution in [3.05, 3.63) is 105 Å². The molecule has 0 unspecified atom stereocenters. The van der Waals surface area contributed by atoms with Gasteiger partial charge in [0, 0.05) is 10.0 Å². The van der Waals surface area contributed by atoms with Crippen LogP contribution in [0.25, 0.3) is 5.57 Å². The topological polar surface area (TPSA) is 26.3 Å². The van der Waals surface area contributed by atoms with Crippen molar-refractivity contribution in [3.63, 3.8) is 0 Å². The smallest absolute Gasteiger partial charge is 0.150 e. The molecule has 0 heterocycles. The van der Waals surface area contributed by atoms with Gasteiger partial charge in [-0.25, -0.2) is 0 Å². The molecular formula is C24H19BrO2.